The molecular formula is C15H18F2N2O2. The number of benzene rings is 1. The number of rotatable bonds is 5. The molecule has 0 fully saturated rings. The zero-order chi connectivity index (χ0) is 16.0. The average molecular weight is 296 g/mol. The lowest BCUT2D eigenvalue weighted by Gasteiger charge is -2.15. The topological polar surface area (TPSA) is 61.4 Å². The molecule has 0 bridgehead atoms. The van der Waals surface area contributed by atoms with Gasteiger partial charge in [0.15, 0.2) is 11.6 Å². The lowest BCUT2D eigenvalue weighted by molar-refractivity contribution is 0.163. The van der Waals surface area contributed by atoms with Gasteiger partial charge in [-0.15, -0.1) is 6.42 Å². The average Bonchev–Trinajstić information content (AvgIpc) is 2.39. The smallest absolute Gasteiger partial charge is 0.319 e. The summed E-state index contributed by atoms with van der Waals surface area (Å²) in [4.78, 5) is 11.6. The largest absolute Gasteiger partial charge is 0.393 e. The van der Waals surface area contributed by atoms with E-state index in [9.17, 15) is 18.7 Å². The van der Waals surface area contributed by atoms with E-state index in [0.717, 1.165) is 12.1 Å². The highest BCUT2D eigenvalue weighted by molar-refractivity contribution is 5.89. The summed E-state index contributed by atoms with van der Waals surface area (Å²) in [7, 11) is 0. The lowest BCUT2D eigenvalue weighted by atomic mass is 10.1. The number of hydrogen-bond acceptors (Lipinski definition) is 2. The molecule has 4 nitrogen and oxygen atoms in total. The maximum atomic E-state index is 13.6. The van der Waals surface area contributed by atoms with E-state index in [1.807, 2.05) is 6.92 Å². The number of aliphatic hydroxyl groups excluding tert-OH is 1. The molecule has 0 aliphatic heterocycles. The molecule has 0 heterocycles. The molecule has 0 saturated carbocycles. The molecule has 1 rings (SSSR count). The van der Waals surface area contributed by atoms with Crippen molar-refractivity contribution in [3.8, 4) is 12.3 Å². The second-order valence-corrected chi connectivity index (χ2v) is 4.98. The van der Waals surface area contributed by atoms with E-state index < -0.39 is 29.5 Å². The van der Waals surface area contributed by atoms with Crippen LogP contribution in [-0.4, -0.2) is 23.8 Å². The van der Waals surface area contributed by atoms with Crippen molar-refractivity contribution < 1.29 is 18.7 Å². The van der Waals surface area contributed by atoms with Crippen molar-refractivity contribution in [1.29, 1.82) is 0 Å². The van der Waals surface area contributed by atoms with Crippen LogP contribution in [0.2, 0.25) is 0 Å². The molecule has 1 aromatic rings. The van der Waals surface area contributed by atoms with E-state index in [0.29, 0.717) is 6.42 Å². The van der Waals surface area contributed by atoms with Crippen molar-refractivity contribution in [2.45, 2.75) is 26.4 Å². The fourth-order valence-corrected chi connectivity index (χ4v) is 1.87. The van der Waals surface area contributed by atoms with Gasteiger partial charge in [0.05, 0.1) is 6.10 Å². The van der Waals surface area contributed by atoms with Crippen molar-refractivity contribution in [2.75, 3.05) is 11.9 Å². The molecule has 21 heavy (non-hydrogen) atoms. The molecule has 114 valence electrons. The molecule has 0 aromatic heterocycles. The van der Waals surface area contributed by atoms with Crippen LogP contribution in [-0.2, 0) is 0 Å². The van der Waals surface area contributed by atoms with E-state index >= 15 is 0 Å². The third-order valence-corrected chi connectivity index (χ3v) is 2.80. The van der Waals surface area contributed by atoms with Crippen molar-refractivity contribution in [1.82, 2.24) is 5.32 Å². The summed E-state index contributed by atoms with van der Waals surface area (Å²) in [6, 6.07) is 1.21. The molecule has 0 saturated heterocycles. The Kier molecular flexibility index (Phi) is 6.12. The fraction of sp³-hybridized carbons (Fsp3) is 0.400. The molecule has 0 spiro atoms. The number of carbonyl (C=O) groups excluding carboxylic acids is 1. The van der Waals surface area contributed by atoms with Gasteiger partial charge < -0.3 is 15.7 Å². The van der Waals surface area contributed by atoms with Gasteiger partial charge in [-0.1, -0.05) is 12.8 Å². The summed E-state index contributed by atoms with van der Waals surface area (Å²) in [6.07, 6.45) is 5.09. The first-order valence-corrected chi connectivity index (χ1v) is 6.52. The standard InChI is InChI=1S/C15H18F2N2O2/c1-4-11-6-12(16)14(13(17)7-11)19-15(21)18-8-9(2)5-10(3)20/h1,6-7,9-10,20H,5,8H2,2-3H3,(H2,18,19,21). The summed E-state index contributed by atoms with van der Waals surface area (Å²) >= 11 is 0. The molecule has 2 amide bonds. The van der Waals surface area contributed by atoms with Crippen LogP contribution >= 0.6 is 0 Å². The molecule has 2 unspecified atom stereocenters. The van der Waals surface area contributed by atoms with Gasteiger partial charge in [-0.05, 0) is 31.4 Å². The second-order valence-electron chi connectivity index (χ2n) is 4.98. The molecular weight excluding hydrogens is 278 g/mol. The fourth-order valence-electron chi connectivity index (χ4n) is 1.87. The summed E-state index contributed by atoms with van der Waals surface area (Å²) in [6.45, 7) is 3.77. The predicted octanol–water partition coefficient (Wildman–Crippen LogP) is 2.47. The van der Waals surface area contributed by atoms with Crippen LogP contribution in [0.25, 0.3) is 0 Å². The van der Waals surface area contributed by atoms with Gasteiger partial charge in [0, 0.05) is 12.1 Å². The number of aliphatic hydroxyl groups is 1. The Bertz CT molecular complexity index is 530. The lowest BCUT2D eigenvalue weighted by Crippen LogP contribution is -2.33. The number of hydrogen-bond donors (Lipinski definition) is 3. The molecule has 2 atom stereocenters. The van der Waals surface area contributed by atoms with Gasteiger partial charge in [0.25, 0.3) is 0 Å². The van der Waals surface area contributed by atoms with E-state index in [2.05, 4.69) is 16.6 Å². The third-order valence-electron chi connectivity index (χ3n) is 2.80. The number of amides is 2. The highest BCUT2D eigenvalue weighted by Crippen LogP contribution is 2.20. The maximum absolute atomic E-state index is 13.6. The molecule has 0 aliphatic rings. The summed E-state index contributed by atoms with van der Waals surface area (Å²) in [5, 5.41) is 13.8. The van der Waals surface area contributed by atoms with Crippen LogP contribution < -0.4 is 10.6 Å². The molecule has 1 aromatic carbocycles. The van der Waals surface area contributed by atoms with Crippen LogP contribution in [0.15, 0.2) is 12.1 Å². The van der Waals surface area contributed by atoms with Gasteiger partial charge in [0.2, 0.25) is 0 Å². The Hall–Kier alpha value is -2.13. The molecule has 0 aliphatic carbocycles. The van der Waals surface area contributed by atoms with Crippen LogP contribution in [0.4, 0.5) is 19.3 Å². The van der Waals surface area contributed by atoms with Crippen molar-refractivity contribution in [3.63, 3.8) is 0 Å². The first kappa shape index (κ1) is 16.9. The first-order valence-electron chi connectivity index (χ1n) is 6.52. The van der Waals surface area contributed by atoms with Gasteiger partial charge >= 0.3 is 6.03 Å². The zero-order valence-corrected chi connectivity index (χ0v) is 11.9. The SMILES string of the molecule is C#Cc1cc(F)c(NC(=O)NCC(C)CC(C)O)c(F)c1. The summed E-state index contributed by atoms with van der Waals surface area (Å²) in [5.74, 6) is 0.282. The van der Waals surface area contributed by atoms with E-state index in [1.165, 1.54) is 0 Å². The van der Waals surface area contributed by atoms with Gasteiger partial charge in [-0.2, -0.15) is 0 Å². The van der Waals surface area contributed by atoms with Crippen LogP contribution in [0.5, 0.6) is 0 Å². The summed E-state index contributed by atoms with van der Waals surface area (Å²) < 4.78 is 27.2. The minimum atomic E-state index is -0.935. The van der Waals surface area contributed by atoms with Crippen molar-refractivity contribution in [3.05, 3.63) is 29.3 Å². The molecule has 6 heteroatoms. The highest BCUT2D eigenvalue weighted by atomic mass is 19.1. The number of urea groups is 1. The van der Waals surface area contributed by atoms with E-state index in [4.69, 9.17) is 6.42 Å². The Morgan fingerprint density at radius 2 is 1.95 bits per heavy atom. The van der Waals surface area contributed by atoms with Gasteiger partial charge in [-0.3, -0.25) is 0 Å². The van der Waals surface area contributed by atoms with Gasteiger partial charge in [-0.25, -0.2) is 13.6 Å². The Morgan fingerprint density at radius 1 is 1.38 bits per heavy atom. The van der Waals surface area contributed by atoms with Crippen LogP contribution in [0.1, 0.15) is 25.8 Å². The Labute approximate surface area is 122 Å². The summed E-state index contributed by atoms with van der Waals surface area (Å²) in [5.41, 5.74) is -0.490. The minimum Gasteiger partial charge on any atom is -0.393 e. The van der Waals surface area contributed by atoms with Gasteiger partial charge in [0.1, 0.15) is 5.69 Å². The third kappa shape index (κ3) is 5.40. The number of terminal acetylenes is 1. The Balaban J connectivity index is 2.62. The maximum Gasteiger partial charge on any atom is 0.319 e. The van der Waals surface area contributed by atoms with E-state index in [1.54, 1.807) is 6.92 Å². The first-order chi connectivity index (χ1) is 9.83. The second kappa shape index (κ2) is 7.60. The number of halogens is 2. The quantitative estimate of drug-likeness (QED) is 0.731. The van der Waals surface area contributed by atoms with E-state index in [-0.39, 0.29) is 18.0 Å². The predicted molar refractivity (Wildman–Crippen MR) is 76.8 cm³/mol. The van der Waals surface area contributed by atoms with Crippen LogP contribution in [0, 0.1) is 29.9 Å². The van der Waals surface area contributed by atoms with Crippen molar-refractivity contribution >= 4 is 11.7 Å². The number of anilines is 1. The zero-order valence-electron chi connectivity index (χ0n) is 11.9. The normalized spacial score (nSPS) is 13.1. The number of carbonyl (C=O) groups is 1. The monoisotopic (exact) mass is 296 g/mol. The molecule has 3 N–H and O–H groups in total. The van der Waals surface area contributed by atoms with Crippen molar-refractivity contribution in [2.24, 2.45) is 5.92 Å². The Morgan fingerprint density at radius 3 is 2.43 bits per heavy atom. The van der Waals surface area contributed by atoms with Crippen LogP contribution in [0.3, 0.4) is 0 Å². The number of nitrogens with one attached hydrogen (secondary N) is 2. The molecule has 0 radical (unpaired) electrons. The minimum absolute atomic E-state index is 0.0364. The highest BCUT2D eigenvalue weighted by Gasteiger charge is 2.14.